The van der Waals surface area contributed by atoms with Crippen LogP contribution in [0.15, 0.2) is 52.8 Å². The molecule has 0 spiro atoms. The normalized spacial score (nSPS) is 14.9. The van der Waals surface area contributed by atoms with E-state index >= 15 is 0 Å². The van der Waals surface area contributed by atoms with Crippen LogP contribution in [-0.2, 0) is 19.1 Å². The van der Waals surface area contributed by atoms with Gasteiger partial charge >= 0.3 is 5.97 Å². The van der Waals surface area contributed by atoms with Gasteiger partial charge in [0.15, 0.2) is 0 Å². The maximum atomic E-state index is 13.1. The molecule has 0 bridgehead atoms. The Kier molecular flexibility index (Phi) is 15.7. The lowest BCUT2D eigenvalue weighted by Crippen LogP contribution is -2.50. The summed E-state index contributed by atoms with van der Waals surface area (Å²) in [4.78, 5) is 41.8. The fourth-order valence-electron chi connectivity index (χ4n) is 3.04. The lowest BCUT2D eigenvalue weighted by Gasteiger charge is -2.23. The smallest absolute Gasteiger partial charge is 0.305 e. The van der Waals surface area contributed by atoms with Crippen molar-refractivity contribution in [1.29, 1.82) is 0 Å². The summed E-state index contributed by atoms with van der Waals surface area (Å²) in [7, 11) is 0. The van der Waals surface area contributed by atoms with Crippen LogP contribution in [-0.4, -0.2) is 42.7 Å². The summed E-state index contributed by atoms with van der Waals surface area (Å²) in [6, 6.07) is -0.778. The predicted molar refractivity (Wildman–Crippen MR) is 143 cm³/mol. The first kappa shape index (κ1) is 31.8. The van der Waals surface area contributed by atoms with Crippen molar-refractivity contribution in [3.63, 3.8) is 0 Å². The summed E-state index contributed by atoms with van der Waals surface area (Å²) in [5.74, 6) is -0.844. The van der Waals surface area contributed by atoms with E-state index in [9.17, 15) is 14.4 Å². The van der Waals surface area contributed by atoms with Gasteiger partial charge in [-0.3, -0.25) is 19.4 Å². The third-order valence-corrected chi connectivity index (χ3v) is 5.24. The van der Waals surface area contributed by atoms with E-state index in [0.29, 0.717) is 42.6 Å². The van der Waals surface area contributed by atoms with Gasteiger partial charge in [-0.05, 0) is 51.2 Å². The fraction of sp³-hybridized carbons (Fsp3) is 0.556. The van der Waals surface area contributed by atoms with Crippen LogP contribution in [0.25, 0.3) is 0 Å². The van der Waals surface area contributed by atoms with Crippen LogP contribution in [0.3, 0.4) is 0 Å². The van der Waals surface area contributed by atoms with Gasteiger partial charge in [0.1, 0.15) is 6.04 Å². The Bertz CT molecular complexity index is 849. The first-order valence-electron chi connectivity index (χ1n) is 12.2. The largest absolute Gasteiger partial charge is 0.466 e. The Morgan fingerprint density at radius 3 is 2.31 bits per heavy atom. The highest BCUT2D eigenvalue weighted by Crippen LogP contribution is 2.11. The number of hydrogen-bond donors (Lipinski definition) is 3. The zero-order valence-electron chi connectivity index (χ0n) is 22.4. The standard InChI is InChI=1S/C27H44N4O4/c1-9-19(6)14-12-15-22(10-2)30-21(8)24(20(7)28)26(33)31-25(18(4)5)27(34)29-17-13-16-23(32)35-11-3/h10,12,14-15,18-19,25H,2,9,11,13,16-17,28H2,1,3-8H3,(H,29,34)(H,31,33)/b14-12-,22-15+,24-20+,30-21-. The number of amides is 2. The van der Waals surface area contributed by atoms with E-state index in [1.165, 1.54) is 0 Å². The van der Waals surface area contributed by atoms with Crippen LogP contribution in [0, 0.1) is 11.8 Å². The van der Waals surface area contributed by atoms with E-state index in [0.717, 1.165) is 6.42 Å². The van der Waals surface area contributed by atoms with Crippen molar-refractivity contribution in [2.75, 3.05) is 13.2 Å². The number of esters is 1. The molecule has 0 aliphatic carbocycles. The molecule has 0 aromatic rings. The van der Waals surface area contributed by atoms with E-state index < -0.39 is 11.9 Å². The maximum absolute atomic E-state index is 13.1. The molecule has 0 fully saturated rings. The molecule has 0 saturated carbocycles. The van der Waals surface area contributed by atoms with Gasteiger partial charge in [0.25, 0.3) is 5.91 Å². The molecule has 0 radical (unpaired) electrons. The molecule has 196 valence electrons. The number of aliphatic imine (C=N–C) groups is 1. The molecule has 0 saturated heterocycles. The van der Waals surface area contributed by atoms with Crippen molar-refractivity contribution < 1.29 is 19.1 Å². The van der Waals surface area contributed by atoms with Gasteiger partial charge < -0.3 is 21.1 Å². The highest BCUT2D eigenvalue weighted by molar-refractivity contribution is 6.22. The van der Waals surface area contributed by atoms with Gasteiger partial charge in [-0.15, -0.1) is 0 Å². The van der Waals surface area contributed by atoms with Crippen molar-refractivity contribution in [3.8, 4) is 0 Å². The van der Waals surface area contributed by atoms with Gasteiger partial charge in [0, 0.05) is 18.7 Å². The number of allylic oxidation sites excluding steroid dienone is 5. The molecule has 2 amide bonds. The average molecular weight is 489 g/mol. The number of nitrogens with one attached hydrogen (secondary N) is 2. The molecule has 0 rings (SSSR count). The lowest BCUT2D eigenvalue weighted by atomic mass is 10.0. The third kappa shape index (κ3) is 12.8. The number of carbonyl (C=O) groups is 3. The van der Waals surface area contributed by atoms with E-state index in [4.69, 9.17) is 10.5 Å². The molecule has 8 heteroatoms. The number of rotatable bonds is 15. The zero-order chi connectivity index (χ0) is 27.0. The van der Waals surface area contributed by atoms with Crippen molar-refractivity contribution in [2.24, 2.45) is 22.6 Å². The lowest BCUT2D eigenvalue weighted by molar-refractivity contribution is -0.143. The minimum atomic E-state index is -0.778. The maximum Gasteiger partial charge on any atom is 0.305 e. The van der Waals surface area contributed by atoms with Gasteiger partial charge in [-0.1, -0.05) is 52.8 Å². The fourth-order valence-corrected chi connectivity index (χ4v) is 3.04. The first-order valence-corrected chi connectivity index (χ1v) is 12.2. The highest BCUT2D eigenvalue weighted by Gasteiger charge is 2.26. The van der Waals surface area contributed by atoms with Gasteiger partial charge in [0.2, 0.25) is 5.91 Å². The Morgan fingerprint density at radius 2 is 1.80 bits per heavy atom. The topological polar surface area (TPSA) is 123 Å². The summed E-state index contributed by atoms with van der Waals surface area (Å²) in [5.41, 5.74) is 7.54. The number of nitrogens with two attached hydrogens (primary N) is 1. The molecule has 0 heterocycles. The molecular formula is C27H44N4O4. The Balaban J connectivity index is 5.44. The quantitative estimate of drug-likeness (QED) is 0.106. The van der Waals surface area contributed by atoms with Crippen LogP contribution in [0.5, 0.6) is 0 Å². The van der Waals surface area contributed by atoms with E-state index in [1.54, 1.807) is 26.8 Å². The van der Waals surface area contributed by atoms with Crippen molar-refractivity contribution in [3.05, 3.63) is 47.9 Å². The molecule has 8 nitrogen and oxygen atoms in total. The summed E-state index contributed by atoms with van der Waals surface area (Å²) in [5, 5.41) is 5.56. The van der Waals surface area contributed by atoms with E-state index in [1.807, 2.05) is 26.0 Å². The molecular weight excluding hydrogens is 444 g/mol. The molecule has 2 unspecified atom stereocenters. The molecule has 0 aromatic heterocycles. The number of nitrogens with zero attached hydrogens (tertiary/aromatic N) is 1. The van der Waals surface area contributed by atoms with E-state index in [2.05, 4.69) is 42.1 Å². The SMILES string of the molecule is C=CC(=C\C=C/C(C)CC)/N=C(C)\C(C(=O)NC(C(=O)NCCCC(=O)OCC)C(C)C)=C(\C)N. The molecule has 35 heavy (non-hydrogen) atoms. The van der Waals surface area contributed by atoms with Crippen LogP contribution in [0.1, 0.15) is 67.7 Å². The van der Waals surface area contributed by atoms with Crippen LogP contribution >= 0.6 is 0 Å². The Labute approximate surface area is 210 Å². The van der Waals surface area contributed by atoms with Crippen LogP contribution < -0.4 is 16.4 Å². The molecule has 0 aromatic carbocycles. The second kappa shape index (κ2) is 17.3. The second-order valence-electron chi connectivity index (χ2n) is 8.72. The number of ether oxygens (including phenoxy) is 1. The van der Waals surface area contributed by atoms with Gasteiger partial charge in [-0.2, -0.15) is 0 Å². The summed E-state index contributed by atoms with van der Waals surface area (Å²) < 4.78 is 4.88. The van der Waals surface area contributed by atoms with Gasteiger partial charge in [-0.25, -0.2) is 0 Å². The number of hydrogen-bond acceptors (Lipinski definition) is 6. The Morgan fingerprint density at radius 1 is 1.14 bits per heavy atom. The first-order chi connectivity index (χ1) is 16.5. The van der Waals surface area contributed by atoms with E-state index in [-0.39, 0.29) is 29.8 Å². The summed E-state index contributed by atoms with van der Waals surface area (Å²) >= 11 is 0. The predicted octanol–water partition coefficient (Wildman–Crippen LogP) is 3.95. The minimum Gasteiger partial charge on any atom is -0.466 e. The third-order valence-electron chi connectivity index (χ3n) is 5.24. The van der Waals surface area contributed by atoms with Gasteiger partial charge in [0.05, 0.1) is 23.6 Å². The van der Waals surface area contributed by atoms with Crippen molar-refractivity contribution >= 4 is 23.5 Å². The highest BCUT2D eigenvalue weighted by atomic mass is 16.5. The van der Waals surface area contributed by atoms with Crippen molar-refractivity contribution in [1.82, 2.24) is 10.6 Å². The number of carbonyl (C=O) groups excluding carboxylic acids is 3. The molecule has 0 aliphatic heterocycles. The van der Waals surface area contributed by atoms with Crippen LogP contribution in [0.4, 0.5) is 0 Å². The monoisotopic (exact) mass is 488 g/mol. The second-order valence-corrected chi connectivity index (χ2v) is 8.72. The van der Waals surface area contributed by atoms with Crippen LogP contribution in [0.2, 0.25) is 0 Å². The average Bonchev–Trinajstić information content (AvgIpc) is 2.78. The molecule has 0 aliphatic rings. The zero-order valence-corrected chi connectivity index (χ0v) is 22.4. The minimum absolute atomic E-state index is 0.171. The van der Waals surface area contributed by atoms with Crippen molar-refractivity contribution in [2.45, 2.75) is 73.8 Å². The molecule has 4 N–H and O–H groups in total. The molecule has 2 atom stereocenters. The summed E-state index contributed by atoms with van der Waals surface area (Å²) in [6.07, 6.45) is 9.12. The summed E-state index contributed by atoms with van der Waals surface area (Å²) in [6.45, 7) is 17.4. The Hall–Kier alpha value is -3.16.